The van der Waals surface area contributed by atoms with Crippen molar-refractivity contribution >= 4 is 6.03 Å². The van der Waals surface area contributed by atoms with E-state index in [9.17, 15) is 4.79 Å². The molecule has 0 aliphatic carbocycles. The fourth-order valence-electron chi connectivity index (χ4n) is 2.07. The molecule has 0 saturated heterocycles. The van der Waals surface area contributed by atoms with Crippen LogP contribution < -0.4 is 5.32 Å². The van der Waals surface area contributed by atoms with Gasteiger partial charge in [-0.25, -0.2) is 4.79 Å². The quantitative estimate of drug-likeness (QED) is 0.835. The number of amides is 2. The van der Waals surface area contributed by atoms with E-state index in [4.69, 9.17) is 0 Å². The molecule has 17 heavy (non-hydrogen) atoms. The Balaban J connectivity index is 2.00. The molecule has 0 bridgehead atoms. The molecule has 1 aromatic rings. The standard InChI is InChI=1S/C14H20N2O/c1-3-11(2)15-14(17)16-9-8-12-6-4-5-7-13(12)10-16/h4-7,11H,3,8-10H2,1-2H3,(H,15,17). The van der Waals surface area contributed by atoms with Gasteiger partial charge in [0.2, 0.25) is 0 Å². The lowest BCUT2D eigenvalue weighted by Gasteiger charge is -2.30. The SMILES string of the molecule is CCC(C)NC(=O)N1CCc2ccccc2C1. The van der Waals surface area contributed by atoms with Crippen LogP contribution in [0.2, 0.25) is 0 Å². The summed E-state index contributed by atoms with van der Waals surface area (Å²) in [6, 6.07) is 8.67. The Kier molecular flexibility index (Phi) is 3.67. The van der Waals surface area contributed by atoms with Gasteiger partial charge < -0.3 is 10.2 Å². The van der Waals surface area contributed by atoms with Gasteiger partial charge in [0.05, 0.1) is 0 Å². The minimum Gasteiger partial charge on any atom is -0.336 e. The maximum Gasteiger partial charge on any atom is 0.317 e. The molecule has 1 aliphatic rings. The maximum absolute atomic E-state index is 12.0. The van der Waals surface area contributed by atoms with E-state index in [0.29, 0.717) is 0 Å². The molecule has 1 aliphatic heterocycles. The van der Waals surface area contributed by atoms with Crippen LogP contribution in [0, 0.1) is 0 Å². The van der Waals surface area contributed by atoms with Gasteiger partial charge in [-0.1, -0.05) is 31.2 Å². The van der Waals surface area contributed by atoms with Crippen molar-refractivity contribution in [2.45, 2.75) is 39.3 Å². The Labute approximate surface area is 103 Å². The van der Waals surface area contributed by atoms with Crippen LogP contribution in [0.4, 0.5) is 4.79 Å². The van der Waals surface area contributed by atoms with E-state index in [1.165, 1.54) is 11.1 Å². The van der Waals surface area contributed by atoms with Gasteiger partial charge in [-0.15, -0.1) is 0 Å². The third-order valence-electron chi connectivity index (χ3n) is 3.40. The van der Waals surface area contributed by atoms with E-state index in [1.54, 1.807) is 0 Å². The zero-order valence-corrected chi connectivity index (χ0v) is 10.6. The summed E-state index contributed by atoms with van der Waals surface area (Å²) in [6.07, 6.45) is 1.93. The van der Waals surface area contributed by atoms with E-state index in [0.717, 1.165) is 25.9 Å². The lowest BCUT2D eigenvalue weighted by Crippen LogP contribution is -2.45. The summed E-state index contributed by atoms with van der Waals surface area (Å²) in [6.45, 7) is 5.67. The number of hydrogen-bond donors (Lipinski definition) is 1. The highest BCUT2D eigenvalue weighted by molar-refractivity contribution is 5.74. The molecular weight excluding hydrogens is 212 g/mol. The molecule has 1 unspecified atom stereocenters. The summed E-state index contributed by atoms with van der Waals surface area (Å²) in [4.78, 5) is 13.9. The van der Waals surface area contributed by atoms with Crippen molar-refractivity contribution in [3.05, 3.63) is 35.4 Å². The predicted octanol–water partition coefficient (Wildman–Crippen LogP) is 2.55. The second kappa shape index (κ2) is 5.21. The highest BCUT2D eigenvalue weighted by Gasteiger charge is 2.20. The molecule has 0 aromatic heterocycles. The van der Waals surface area contributed by atoms with Crippen molar-refractivity contribution in [2.75, 3.05) is 6.54 Å². The molecule has 3 nitrogen and oxygen atoms in total. The third-order valence-corrected chi connectivity index (χ3v) is 3.40. The van der Waals surface area contributed by atoms with E-state index in [-0.39, 0.29) is 12.1 Å². The zero-order chi connectivity index (χ0) is 12.3. The number of nitrogens with zero attached hydrogens (tertiary/aromatic N) is 1. The second-order valence-electron chi connectivity index (χ2n) is 4.70. The summed E-state index contributed by atoms with van der Waals surface area (Å²) in [5, 5.41) is 3.02. The van der Waals surface area contributed by atoms with Crippen molar-refractivity contribution < 1.29 is 4.79 Å². The molecular formula is C14H20N2O. The molecule has 2 amide bonds. The lowest BCUT2D eigenvalue weighted by molar-refractivity contribution is 0.189. The number of fused-ring (bicyclic) bond motifs is 1. The molecule has 1 N–H and O–H groups in total. The normalized spacial score (nSPS) is 16.2. The molecule has 1 heterocycles. The number of carbonyl (C=O) groups excluding carboxylic acids is 1. The highest BCUT2D eigenvalue weighted by Crippen LogP contribution is 2.18. The Morgan fingerprint density at radius 3 is 2.82 bits per heavy atom. The van der Waals surface area contributed by atoms with Crippen molar-refractivity contribution in [1.82, 2.24) is 10.2 Å². The van der Waals surface area contributed by atoms with Gasteiger partial charge in [0.25, 0.3) is 0 Å². The van der Waals surface area contributed by atoms with Crippen LogP contribution >= 0.6 is 0 Å². The summed E-state index contributed by atoms with van der Waals surface area (Å²) in [5.41, 5.74) is 2.65. The van der Waals surface area contributed by atoms with Gasteiger partial charge in [-0.3, -0.25) is 0 Å². The van der Waals surface area contributed by atoms with Gasteiger partial charge >= 0.3 is 6.03 Å². The summed E-state index contributed by atoms with van der Waals surface area (Å²) in [5.74, 6) is 0. The molecule has 2 rings (SSSR count). The average molecular weight is 232 g/mol. The van der Waals surface area contributed by atoms with Gasteiger partial charge in [-0.2, -0.15) is 0 Å². The Morgan fingerprint density at radius 1 is 1.41 bits per heavy atom. The summed E-state index contributed by atoms with van der Waals surface area (Å²) in [7, 11) is 0. The number of nitrogens with one attached hydrogen (secondary N) is 1. The van der Waals surface area contributed by atoms with Gasteiger partial charge in [0, 0.05) is 19.1 Å². The molecule has 92 valence electrons. The summed E-state index contributed by atoms with van der Waals surface area (Å²) < 4.78 is 0. The minimum atomic E-state index is 0.0638. The fraction of sp³-hybridized carbons (Fsp3) is 0.500. The number of benzene rings is 1. The van der Waals surface area contributed by atoms with Crippen molar-refractivity contribution in [1.29, 1.82) is 0 Å². The van der Waals surface area contributed by atoms with Crippen LogP contribution in [0.3, 0.4) is 0 Å². The first-order valence-corrected chi connectivity index (χ1v) is 6.33. The zero-order valence-electron chi connectivity index (χ0n) is 10.6. The van der Waals surface area contributed by atoms with Crippen LogP contribution in [-0.4, -0.2) is 23.5 Å². The topological polar surface area (TPSA) is 32.3 Å². The first kappa shape index (κ1) is 12.0. The molecule has 0 saturated carbocycles. The maximum atomic E-state index is 12.0. The molecule has 0 radical (unpaired) electrons. The van der Waals surface area contributed by atoms with Crippen LogP contribution in [0.25, 0.3) is 0 Å². The molecule has 0 spiro atoms. The van der Waals surface area contributed by atoms with Gasteiger partial charge in [-0.05, 0) is 30.9 Å². The summed E-state index contributed by atoms with van der Waals surface area (Å²) >= 11 is 0. The Hall–Kier alpha value is -1.51. The first-order chi connectivity index (χ1) is 8.20. The van der Waals surface area contributed by atoms with Crippen LogP contribution in [0.15, 0.2) is 24.3 Å². The van der Waals surface area contributed by atoms with Crippen LogP contribution in [0.1, 0.15) is 31.4 Å². The number of rotatable bonds is 2. The van der Waals surface area contributed by atoms with Gasteiger partial charge in [0.15, 0.2) is 0 Å². The van der Waals surface area contributed by atoms with Crippen LogP contribution in [-0.2, 0) is 13.0 Å². The van der Waals surface area contributed by atoms with Crippen molar-refractivity contribution in [2.24, 2.45) is 0 Å². The fourth-order valence-corrected chi connectivity index (χ4v) is 2.07. The molecule has 1 atom stereocenters. The largest absolute Gasteiger partial charge is 0.336 e. The predicted molar refractivity (Wildman–Crippen MR) is 68.8 cm³/mol. The lowest BCUT2D eigenvalue weighted by atomic mass is 10.0. The monoisotopic (exact) mass is 232 g/mol. The Bertz CT molecular complexity index is 403. The average Bonchev–Trinajstić information content (AvgIpc) is 2.38. The molecule has 0 fully saturated rings. The highest BCUT2D eigenvalue weighted by atomic mass is 16.2. The molecule has 3 heteroatoms. The van der Waals surface area contributed by atoms with E-state index < -0.39 is 0 Å². The minimum absolute atomic E-state index is 0.0638. The van der Waals surface area contributed by atoms with E-state index in [1.807, 2.05) is 17.9 Å². The van der Waals surface area contributed by atoms with Crippen molar-refractivity contribution in [3.63, 3.8) is 0 Å². The van der Waals surface area contributed by atoms with E-state index >= 15 is 0 Å². The smallest absolute Gasteiger partial charge is 0.317 e. The van der Waals surface area contributed by atoms with E-state index in [2.05, 4.69) is 30.4 Å². The first-order valence-electron chi connectivity index (χ1n) is 6.33. The molecule has 1 aromatic carbocycles. The second-order valence-corrected chi connectivity index (χ2v) is 4.70. The van der Waals surface area contributed by atoms with Crippen LogP contribution in [0.5, 0.6) is 0 Å². The number of urea groups is 1. The third kappa shape index (κ3) is 2.78. The van der Waals surface area contributed by atoms with Crippen molar-refractivity contribution in [3.8, 4) is 0 Å². The number of hydrogen-bond acceptors (Lipinski definition) is 1. The van der Waals surface area contributed by atoms with Gasteiger partial charge in [0.1, 0.15) is 0 Å². The number of carbonyl (C=O) groups is 1. The Morgan fingerprint density at radius 2 is 2.12 bits per heavy atom.